The van der Waals surface area contributed by atoms with Gasteiger partial charge < -0.3 is 18.8 Å². The molecule has 2 rings (SSSR count). The van der Waals surface area contributed by atoms with Gasteiger partial charge in [0.15, 0.2) is 11.5 Å². The zero-order valence-electron chi connectivity index (χ0n) is 14.5. The molecule has 128 valence electrons. The Labute approximate surface area is 142 Å². The molecule has 0 N–H and O–H groups in total. The van der Waals surface area contributed by atoms with Crippen LogP contribution in [0.1, 0.15) is 25.2 Å². The van der Waals surface area contributed by atoms with Gasteiger partial charge in [-0.1, -0.05) is 6.07 Å². The summed E-state index contributed by atoms with van der Waals surface area (Å²) in [6.45, 7) is 4.35. The highest BCUT2D eigenvalue weighted by molar-refractivity contribution is 5.91. The van der Waals surface area contributed by atoms with Gasteiger partial charge in [0.2, 0.25) is 5.91 Å². The number of nitrogens with zero attached hydrogens (tertiary/aromatic N) is 1. The number of hydrogen-bond donors (Lipinski definition) is 0. The van der Waals surface area contributed by atoms with Crippen molar-refractivity contribution in [3.8, 4) is 11.5 Å². The summed E-state index contributed by atoms with van der Waals surface area (Å²) in [6, 6.07) is 9.21. The van der Waals surface area contributed by atoms with E-state index in [9.17, 15) is 4.79 Å². The lowest BCUT2D eigenvalue weighted by Gasteiger charge is -2.14. The second-order valence-electron chi connectivity index (χ2n) is 5.68. The quantitative estimate of drug-likeness (QED) is 0.726. The number of ether oxygens (including phenoxy) is 2. The summed E-state index contributed by atoms with van der Waals surface area (Å²) in [7, 11) is 3.33. The van der Waals surface area contributed by atoms with E-state index in [0.29, 0.717) is 18.0 Å². The Morgan fingerprint density at radius 3 is 2.71 bits per heavy atom. The van der Waals surface area contributed by atoms with Gasteiger partial charge in [0.05, 0.1) is 26.0 Å². The van der Waals surface area contributed by atoms with Crippen LogP contribution in [0, 0.1) is 0 Å². The van der Waals surface area contributed by atoms with E-state index in [1.807, 2.05) is 38.1 Å². The Kier molecular flexibility index (Phi) is 6.07. The average Bonchev–Trinajstić information content (AvgIpc) is 3.05. The molecule has 1 heterocycles. The van der Waals surface area contributed by atoms with Gasteiger partial charge in [0.1, 0.15) is 5.76 Å². The molecule has 24 heavy (non-hydrogen) atoms. The number of amides is 1. The third-order valence-electron chi connectivity index (χ3n) is 3.32. The molecule has 0 aliphatic heterocycles. The standard InChI is InChI=1S/C19H23NO4/c1-14(2)24-17-9-7-15(12-18(17)22-4)8-10-19(21)20(3)13-16-6-5-11-23-16/h5-12,14H,13H2,1-4H3/b10-8+. The number of hydrogen-bond acceptors (Lipinski definition) is 4. The number of methoxy groups -OCH3 is 1. The van der Waals surface area contributed by atoms with Crippen LogP contribution >= 0.6 is 0 Å². The molecule has 1 aromatic heterocycles. The van der Waals surface area contributed by atoms with Crippen molar-refractivity contribution in [1.29, 1.82) is 0 Å². The van der Waals surface area contributed by atoms with Gasteiger partial charge in [0, 0.05) is 13.1 Å². The molecule has 0 saturated heterocycles. The Bertz CT molecular complexity index is 689. The molecule has 0 aliphatic carbocycles. The van der Waals surface area contributed by atoms with Crippen LogP contribution < -0.4 is 9.47 Å². The number of furan rings is 1. The highest BCUT2D eigenvalue weighted by atomic mass is 16.5. The molecule has 0 saturated carbocycles. The number of rotatable bonds is 7. The number of carbonyl (C=O) groups is 1. The maximum atomic E-state index is 12.2. The smallest absolute Gasteiger partial charge is 0.246 e. The minimum atomic E-state index is -0.104. The lowest BCUT2D eigenvalue weighted by Crippen LogP contribution is -2.23. The summed E-state index contributed by atoms with van der Waals surface area (Å²) in [6.07, 6.45) is 4.94. The highest BCUT2D eigenvalue weighted by Gasteiger charge is 2.09. The topological polar surface area (TPSA) is 51.9 Å². The summed E-state index contributed by atoms with van der Waals surface area (Å²) in [5.41, 5.74) is 0.864. The van der Waals surface area contributed by atoms with Gasteiger partial charge in [-0.15, -0.1) is 0 Å². The van der Waals surface area contributed by atoms with E-state index >= 15 is 0 Å². The van der Waals surface area contributed by atoms with E-state index in [4.69, 9.17) is 13.9 Å². The molecular formula is C19H23NO4. The summed E-state index contributed by atoms with van der Waals surface area (Å²) < 4.78 is 16.3. The van der Waals surface area contributed by atoms with E-state index < -0.39 is 0 Å². The minimum Gasteiger partial charge on any atom is -0.493 e. The predicted molar refractivity (Wildman–Crippen MR) is 93.0 cm³/mol. The molecule has 0 spiro atoms. The van der Waals surface area contributed by atoms with Gasteiger partial charge in [-0.2, -0.15) is 0 Å². The first-order valence-electron chi connectivity index (χ1n) is 7.80. The second-order valence-corrected chi connectivity index (χ2v) is 5.68. The Morgan fingerprint density at radius 1 is 1.29 bits per heavy atom. The molecule has 0 bridgehead atoms. The molecule has 0 atom stereocenters. The molecule has 2 aromatic rings. The fourth-order valence-corrected chi connectivity index (χ4v) is 2.15. The summed E-state index contributed by atoms with van der Waals surface area (Å²) >= 11 is 0. The fourth-order valence-electron chi connectivity index (χ4n) is 2.15. The van der Waals surface area contributed by atoms with Gasteiger partial charge >= 0.3 is 0 Å². The summed E-state index contributed by atoms with van der Waals surface area (Å²) in [5.74, 6) is 1.97. The predicted octanol–water partition coefficient (Wildman–Crippen LogP) is 3.75. The Hall–Kier alpha value is -2.69. The third-order valence-corrected chi connectivity index (χ3v) is 3.32. The molecule has 0 unspecified atom stereocenters. The van der Waals surface area contributed by atoms with E-state index in [1.54, 1.807) is 37.5 Å². The Balaban J connectivity index is 2.03. The average molecular weight is 329 g/mol. The van der Waals surface area contributed by atoms with Gasteiger partial charge in [-0.3, -0.25) is 4.79 Å². The normalized spacial score (nSPS) is 11.0. The van der Waals surface area contributed by atoms with Crippen molar-refractivity contribution in [3.63, 3.8) is 0 Å². The van der Waals surface area contributed by atoms with Crippen LogP contribution in [0.4, 0.5) is 0 Å². The van der Waals surface area contributed by atoms with Gasteiger partial charge in [-0.25, -0.2) is 0 Å². The molecule has 1 aromatic carbocycles. The van der Waals surface area contributed by atoms with Crippen LogP contribution in [0.3, 0.4) is 0 Å². The van der Waals surface area contributed by atoms with E-state index in [-0.39, 0.29) is 12.0 Å². The Morgan fingerprint density at radius 2 is 2.08 bits per heavy atom. The molecule has 0 aliphatic rings. The first kappa shape index (κ1) is 17.7. The SMILES string of the molecule is COc1cc(/C=C/C(=O)N(C)Cc2ccco2)ccc1OC(C)C. The molecule has 0 radical (unpaired) electrons. The van der Waals surface area contributed by atoms with Crippen LogP contribution in [-0.4, -0.2) is 31.1 Å². The van der Waals surface area contributed by atoms with Crippen molar-refractivity contribution in [2.45, 2.75) is 26.5 Å². The minimum absolute atomic E-state index is 0.0668. The van der Waals surface area contributed by atoms with Crippen molar-refractivity contribution < 1.29 is 18.7 Å². The molecule has 1 amide bonds. The summed E-state index contributed by atoms with van der Waals surface area (Å²) in [4.78, 5) is 13.7. The fraction of sp³-hybridized carbons (Fsp3) is 0.316. The van der Waals surface area contributed by atoms with Crippen molar-refractivity contribution in [3.05, 3.63) is 54.0 Å². The highest BCUT2D eigenvalue weighted by Crippen LogP contribution is 2.29. The number of likely N-dealkylation sites (N-methyl/N-ethyl adjacent to an activating group) is 1. The van der Waals surface area contributed by atoms with E-state index in [0.717, 1.165) is 11.3 Å². The van der Waals surface area contributed by atoms with Crippen LogP contribution in [0.25, 0.3) is 6.08 Å². The maximum absolute atomic E-state index is 12.2. The second kappa shape index (κ2) is 8.24. The van der Waals surface area contributed by atoms with E-state index in [2.05, 4.69) is 0 Å². The van der Waals surface area contributed by atoms with Gasteiger partial charge in [0.25, 0.3) is 0 Å². The first-order valence-corrected chi connectivity index (χ1v) is 7.80. The van der Waals surface area contributed by atoms with Crippen LogP contribution in [0.15, 0.2) is 47.1 Å². The van der Waals surface area contributed by atoms with Crippen LogP contribution in [-0.2, 0) is 11.3 Å². The molecule has 5 nitrogen and oxygen atoms in total. The van der Waals surface area contributed by atoms with Crippen LogP contribution in [0.2, 0.25) is 0 Å². The maximum Gasteiger partial charge on any atom is 0.246 e. The monoisotopic (exact) mass is 329 g/mol. The van der Waals surface area contributed by atoms with Gasteiger partial charge in [-0.05, 0) is 49.8 Å². The largest absolute Gasteiger partial charge is 0.493 e. The third kappa shape index (κ3) is 4.91. The molecule has 5 heteroatoms. The number of benzene rings is 1. The van der Waals surface area contributed by atoms with Crippen molar-refractivity contribution in [2.75, 3.05) is 14.2 Å². The van der Waals surface area contributed by atoms with Crippen molar-refractivity contribution in [1.82, 2.24) is 4.90 Å². The first-order chi connectivity index (χ1) is 11.5. The molecular weight excluding hydrogens is 306 g/mol. The summed E-state index contributed by atoms with van der Waals surface area (Å²) in [5, 5.41) is 0. The zero-order chi connectivity index (χ0) is 17.5. The van der Waals surface area contributed by atoms with Crippen molar-refractivity contribution in [2.24, 2.45) is 0 Å². The van der Waals surface area contributed by atoms with Crippen molar-refractivity contribution >= 4 is 12.0 Å². The zero-order valence-corrected chi connectivity index (χ0v) is 14.5. The van der Waals surface area contributed by atoms with E-state index in [1.165, 1.54) is 6.08 Å². The lowest BCUT2D eigenvalue weighted by atomic mass is 10.2. The van der Waals surface area contributed by atoms with Crippen LogP contribution in [0.5, 0.6) is 11.5 Å². The molecule has 0 fully saturated rings. The lowest BCUT2D eigenvalue weighted by molar-refractivity contribution is -0.125. The number of carbonyl (C=O) groups excluding carboxylic acids is 1.